The van der Waals surface area contributed by atoms with E-state index in [0.29, 0.717) is 0 Å². The predicted molar refractivity (Wildman–Crippen MR) is 30.2 cm³/mol. The highest BCUT2D eigenvalue weighted by molar-refractivity contribution is 5.73. The van der Waals surface area contributed by atoms with Crippen LogP contribution in [0, 0.1) is 0 Å². The molecule has 1 saturated carbocycles. The molecule has 8 heavy (non-hydrogen) atoms. The summed E-state index contributed by atoms with van der Waals surface area (Å²) in [4.78, 5) is 10.3. The highest BCUT2D eigenvalue weighted by Gasteiger charge is 2.33. The minimum absolute atomic E-state index is 0.0166. The fourth-order valence-corrected chi connectivity index (χ4v) is 0.642. The lowest BCUT2D eigenvalue weighted by molar-refractivity contribution is -0.119. The van der Waals surface area contributed by atoms with Crippen molar-refractivity contribution in [1.82, 2.24) is 5.32 Å². The number of carbonyl (C=O) groups is 1. The monoisotopic (exact) mass is 114 g/mol. The third-order valence-electron chi connectivity index (χ3n) is 1.23. The molecule has 2 unspecified atom stereocenters. The topological polar surface area (TPSA) is 55.1 Å². The SMILES string of the molecule is CC(=O)NC1CC1N. The van der Waals surface area contributed by atoms with E-state index < -0.39 is 0 Å². The maximum absolute atomic E-state index is 10.3. The van der Waals surface area contributed by atoms with Gasteiger partial charge in [0.1, 0.15) is 0 Å². The van der Waals surface area contributed by atoms with Gasteiger partial charge >= 0.3 is 0 Å². The Morgan fingerprint density at radius 1 is 1.88 bits per heavy atom. The van der Waals surface area contributed by atoms with E-state index in [2.05, 4.69) is 5.32 Å². The Bertz CT molecular complexity index is 113. The van der Waals surface area contributed by atoms with Crippen LogP contribution in [-0.4, -0.2) is 18.0 Å². The van der Waals surface area contributed by atoms with Crippen molar-refractivity contribution in [2.45, 2.75) is 25.4 Å². The van der Waals surface area contributed by atoms with Gasteiger partial charge < -0.3 is 11.1 Å². The standard InChI is InChI=1S/C5H10N2O/c1-3(8)7-5-2-4(5)6/h4-5H,2,6H2,1H3,(H,7,8). The summed E-state index contributed by atoms with van der Waals surface area (Å²) in [5, 5.41) is 2.70. The quantitative estimate of drug-likeness (QED) is 0.470. The van der Waals surface area contributed by atoms with E-state index in [1.165, 1.54) is 6.92 Å². The van der Waals surface area contributed by atoms with Crippen molar-refractivity contribution in [2.75, 3.05) is 0 Å². The summed E-state index contributed by atoms with van der Waals surface area (Å²) in [5.41, 5.74) is 5.40. The van der Waals surface area contributed by atoms with Gasteiger partial charge in [-0.25, -0.2) is 0 Å². The van der Waals surface area contributed by atoms with Crippen LogP contribution in [-0.2, 0) is 4.79 Å². The van der Waals surface area contributed by atoms with E-state index in [9.17, 15) is 4.79 Å². The predicted octanol–water partition coefficient (Wildman–Crippen LogP) is -0.778. The van der Waals surface area contributed by atoms with Crippen molar-refractivity contribution >= 4 is 5.91 Å². The Kier molecular flexibility index (Phi) is 1.21. The fourth-order valence-electron chi connectivity index (χ4n) is 0.642. The molecule has 1 fully saturated rings. The van der Waals surface area contributed by atoms with Gasteiger partial charge in [-0.15, -0.1) is 0 Å². The lowest BCUT2D eigenvalue weighted by atomic mass is 10.6. The molecule has 46 valence electrons. The van der Waals surface area contributed by atoms with Crippen LogP contribution in [0.1, 0.15) is 13.3 Å². The minimum atomic E-state index is 0.0166. The van der Waals surface area contributed by atoms with Crippen LogP contribution >= 0.6 is 0 Å². The number of hydrogen-bond donors (Lipinski definition) is 2. The van der Waals surface area contributed by atoms with Crippen LogP contribution in [0.25, 0.3) is 0 Å². The molecule has 1 amide bonds. The van der Waals surface area contributed by atoms with E-state index in [0.717, 1.165) is 6.42 Å². The van der Waals surface area contributed by atoms with Crippen molar-refractivity contribution in [1.29, 1.82) is 0 Å². The summed E-state index contributed by atoms with van der Waals surface area (Å²) in [5.74, 6) is 0.0166. The maximum atomic E-state index is 10.3. The number of hydrogen-bond acceptors (Lipinski definition) is 2. The highest BCUT2D eigenvalue weighted by atomic mass is 16.1. The van der Waals surface area contributed by atoms with Crippen LogP contribution in [0.15, 0.2) is 0 Å². The van der Waals surface area contributed by atoms with E-state index in [4.69, 9.17) is 5.73 Å². The largest absolute Gasteiger partial charge is 0.352 e. The number of rotatable bonds is 1. The Hall–Kier alpha value is -0.570. The van der Waals surface area contributed by atoms with Crippen LogP contribution in [0.5, 0.6) is 0 Å². The molecule has 1 aliphatic rings. The second kappa shape index (κ2) is 1.74. The van der Waals surface area contributed by atoms with E-state index >= 15 is 0 Å². The van der Waals surface area contributed by atoms with Gasteiger partial charge in [-0.3, -0.25) is 4.79 Å². The van der Waals surface area contributed by atoms with E-state index in [1.54, 1.807) is 0 Å². The number of nitrogens with one attached hydrogen (secondary N) is 1. The molecule has 3 heteroatoms. The molecule has 0 aromatic carbocycles. The Morgan fingerprint density at radius 3 is 2.50 bits per heavy atom. The zero-order chi connectivity index (χ0) is 6.15. The first-order chi connectivity index (χ1) is 3.70. The molecule has 3 nitrogen and oxygen atoms in total. The third-order valence-corrected chi connectivity index (χ3v) is 1.23. The molecule has 0 bridgehead atoms. The van der Waals surface area contributed by atoms with Gasteiger partial charge in [0.25, 0.3) is 0 Å². The van der Waals surface area contributed by atoms with Gasteiger partial charge in [-0.1, -0.05) is 0 Å². The fraction of sp³-hybridized carbons (Fsp3) is 0.800. The Labute approximate surface area is 48.2 Å². The first kappa shape index (κ1) is 5.56. The van der Waals surface area contributed by atoms with Gasteiger partial charge in [0.05, 0.1) is 0 Å². The summed E-state index contributed by atoms with van der Waals surface area (Å²) >= 11 is 0. The number of nitrogens with two attached hydrogens (primary N) is 1. The molecule has 0 saturated heterocycles. The Morgan fingerprint density at radius 2 is 2.38 bits per heavy atom. The van der Waals surface area contributed by atoms with Crippen molar-refractivity contribution in [3.05, 3.63) is 0 Å². The van der Waals surface area contributed by atoms with Gasteiger partial charge in [0, 0.05) is 19.0 Å². The first-order valence-electron chi connectivity index (χ1n) is 2.73. The maximum Gasteiger partial charge on any atom is 0.217 e. The zero-order valence-electron chi connectivity index (χ0n) is 4.85. The average molecular weight is 114 g/mol. The van der Waals surface area contributed by atoms with Crippen LogP contribution in [0.3, 0.4) is 0 Å². The number of carbonyl (C=O) groups excluding carboxylic acids is 1. The second-order valence-corrected chi connectivity index (χ2v) is 2.21. The lowest BCUT2D eigenvalue weighted by Crippen LogP contribution is -2.26. The molecular weight excluding hydrogens is 104 g/mol. The number of amides is 1. The first-order valence-corrected chi connectivity index (χ1v) is 2.73. The summed E-state index contributed by atoms with van der Waals surface area (Å²) in [7, 11) is 0. The third kappa shape index (κ3) is 1.20. The van der Waals surface area contributed by atoms with Crippen molar-refractivity contribution in [3.63, 3.8) is 0 Å². The summed E-state index contributed by atoms with van der Waals surface area (Å²) in [6.45, 7) is 1.50. The Balaban J connectivity index is 2.14. The van der Waals surface area contributed by atoms with Crippen LogP contribution in [0.4, 0.5) is 0 Å². The smallest absolute Gasteiger partial charge is 0.217 e. The van der Waals surface area contributed by atoms with Crippen molar-refractivity contribution in [3.8, 4) is 0 Å². The summed E-state index contributed by atoms with van der Waals surface area (Å²) in [6.07, 6.45) is 0.944. The molecule has 0 aromatic heterocycles. The summed E-state index contributed by atoms with van der Waals surface area (Å²) in [6, 6.07) is 0.492. The van der Waals surface area contributed by atoms with Gasteiger partial charge in [0.15, 0.2) is 0 Å². The van der Waals surface area contributed by atoms with Crippen molar-refractivity contribution < 1.29 is 4.79 Å². The molecule has 0 radical (unpaired) electrons. The van der Waals surface area contributed by atoms with Gasteiger partial charge in [-0.2, -0.15) is 0 Å². The summed E-state index contributed by atoms with van der Waals surface area (Å²) < 4.78 is 0. The molecule has 0 heterocycles. The van der Waals surface area contributed by atoms with Crippen molar-refractivity contribution in [2.24, 2.45) is 5.73 Å². The molecule has 1 aliphatic carbocycles. The molecule has 0 aliphatic heterocycles. The molecule has 3 N–H and O–H groups in total. The normalized spacial score (nSPS) is 34.2. The van der Waals surface area contributed by atoms with E-state index in [1.807, 2.05) is 0 Å². The second-order valence-electron chi connectivity index (χ2n) is 2.21. The molecule has 0 spiro atoms. The minimum Gasteiger partial charge on any atom is -0.352 e. The molecular formula is C5H10N2O. The van der Waals surface area contributed by atoms with Gasteiger partial charge in [0.2, 0.25) is 5.91 Å². The molecule has 1 rings (SSSR count). The van der Waals surface area contributed by atoms with Crippen LogP contribution < -0.4 is 11.1 Å². The van der Waals surface area contributed by atoms with Gasteiger partial charge in [-0.05, 0) is 6.42 Å². The highest BCUT2D eigenvalue weighted by Crippen LogP contribution is 2.16. The van der Waals surface area contributed by atoms with E-state index in [-0.39, 0.29) is 18.0 Å². The van der Waals surface area contributed by atoms with Crippen LogP contribution in [0.2, 0.25) is 0 Å². The lowest BCUT2D eigenvalue weighted by Gasteiger charge is -1.94. The zero-order valence-corrected chi connectivity index (χ0v) is 4.85. The molecule has 0 aromatic rings. The molecule has 2 atom stereocenters. The average Bonchev–Trinajstić information content (AvgIpc) is 2.17.